The molecule has 0 unspecified atom stereocenters. The van der Waals surface area contributed by atoms with Crippen molar-refractivity contribution in [2.75, 3.05) is 26.2 Å². The van der Waals surface area contributed by atoms with Crippen molar-refractivity contribution in [2.24, 2.45) is 10.8 Å². The molecule has 0 aromatic carbocycles. The topological polar surface area (TPSA) is 23.5 Å². The van der Waals surface area contributed by atoms with E-state index < -0.39 is 0 Å². The fraction of sp³-hybridized carbons (Fsp3) is 1.00. The predicted molar refractivity (Wildman–Crippen MR) is 73.9 cm³/mol. The third-order valence-electron chi connectivity index (χ3n) is 5.08. The zero-order valence-corrected chi connectivity index (χ0v) is 12.1. The van der Waals surface area contributed by atoms with E-state index in [4.69, 9.17) is 0 Å². The summed E-state index contributed by atoms with van der Waals surface area (Å²) in [6.07, 6.45) is 8.25. The monoisotopic (exact) mass is 335 g/mol. The zero-order chi connectivity index (χ0) is 11.2. The number of alkyl halides is 1. The van der Waals surface area contributed by atoms with E-state index >= 15 is 0 Å². The summed E-state index contributed by atoms with van der Waals surface area (Å²) in [4.78, 5) is 2.61. The molecular formula is C13H22INO. The molecule has 1 aliphatic heterocycles. The SMILES string of the molecule is OCC1(CN2CCC3(CC2)CC(I)C3)CC1. The number of likely N-dealkylation sites (tertiary alicyclic amines) is 1. The Balaban J connectivity index is 1.48. The molecule has 16 heavy (non-hydrogen) atoms. The highest BCUT2D eigenvalue weighted by atomic mass is 127. The summed E-state index contributed by atoms with van der Waals surface area (Å²) in [6.45, 7) is 4.13. The number of piperidine rings is 1. The van der Waals surface area contributed by atoms with Crippen LogP contribution in [0.25, 0.3) is 0 Å². The number of rotatable bonds is 3. The van der Waals surface area contributed by atoms with Gasteiger partial charge in [0, 0.05) is 22.5 Å². The lowest BCUT2D eigenvalue weighted by Crippen LogP contribution is -2.48. The fourth-order valence-electron chi connectivity index (χ4n) is 3.49. The van der Waals surface area contributed by atoms with Crippen LogP contribution in [0, 0.1) is 10.8 Å². The van der Waals surface area contributed by atoms with E-state index in [2.05, 4.69) is 27.5 Å². The van der Waals surface area contributed by atoms with Gasteiger partial charge in [0.05, 0.1) is 0 Å². The van der Waals surface area contributed by atoms with E-state index in [1.54, 1.807) is 0 Å². The van der Waals surface area contributed by atoms with Gasteiger partial charge in [-0.15, -0.1) is 0 Å². The van der Waals surface area contributed by atoms with E-state index in [0.29, 0.717) is 12.0 Å². The van der Waals surface area contributed by atoms with Gasteiger partial charge in [-0.3, -0.25) is 0 Å². The molecule has 2 aliphatic carbocycles. The van der Waals surface area contributed by atoms with Crippen molar-refractivity contribution in [1.29, 1.82) is 0 Å². The minimum atomic E-state index is 0.315. The molecule has 2 nitrogen and oxygen atoms in total. The van der Waals surface area contributed by atoms with Gasteiger partial charge in [-0.2, -0.15) is 0 Å². The summed E-state index contributed by atoms with van der Waals surface area (Å²) in [5, 5.41) is 9.35. The Kier molecular flexibility index (Phi) is 3.00. The van der Waals surface area contributed by atoms with Crippen LogP contribution >= 0.6 is 22.6 Å². The van der Waals surface area contributed by atoms with Gasteiger partial charge in [-0.05, 0) is 57.0 Å². The Morgan fingerprint density at radius 3 is 2.19 bits per heavy atom. The van der Waals surface area contributed by atoms with Crippen molar-refractivity contribution in [3.05, 3.63) is 0 Å². The van der Waals surface area contributed by atoms with Crippen LogP contribution < -0.4 is 0 Å². The summed E-state index contributed by atoms with van der Waals surface area (Å²) in [6, 6.07) is 0. The maximum atomic E-state index is 9.35. The van der Waals surface area contributed by atoms with Crippen LogP contribution in [-0.4, -0.2) is 40.2 Å². The Morgan fingerprint density at radius 1 is 1.12 bits per heavy atom. The average Bonchev–Trinajstić information content (AvgIpc) is 3.00. The standard InChI is InChI=1S/C13H22INO/c14-11-7-12(8-11)3-5-15(6-4-12)9-13(10-16)1-2-13/h11,16H,1-10H2. The Hall–Kier alpha value is 0.650. The highest BCUT2D eigenvalue weighted by Crippen LogP contribution is 2.53. The Morgan fingerprint density at radius 2 is 1.75 bits per heavy atom. The first kappa shape index (κ1) is 11.7. The molecule has 1 heterocycles. The second-order valence-corrected chi connectivity index (χ2v) is 8.20. The zero-order valence-electron chi connectivity index (χ0n) is 9.92. The number of halogens is 1. The van der Waals surface area contributed by atoms with Gasteiger partial charge in [0.1, 0.15) is 0 Å². The molecule has 0 radical (unpaired) electrons. The Labute approximate surface area is 112 Å². The van der Waals surface area contributed by atoms with Gasteiger partial charge in [0.25, 0.3) is 0 Å². The van der Waals surface area contributed by atoms with Crippen LogP contribution in [0.2, 0.25) is 0 Å². The quantitative estimate of drug-likeness (QED) is 0.633. The Bertz CT molecular complexity index is 261. The number of hydrogen-bond donors (Lipinski definition) is 1. The van der Waals surface area contributed by atoms with E-state index in [-0.39, 0.29) is 0 Å². The normalized spacial score (nSPS) is 32.6. The van der Waals surface area contributed by atoms with E-state index in [1.165, 1.54) is 51.6 Å². The first-order valence-corrected chi connectivity index (χ1v) is 7.87. The number of aliphatic hydroxyl groups is 1. The highest BCUT2D eigenvalue weighted by molar-refractivity contribution is 14.1. The summed E-state index contributed by atoms with van der Waals surface area (Å²) in [7, 11) is 0. The lowest BCUT2D eigenvalue weighted by molar-refractivity contribution is 0.0282. The molecule has 2 saturated carbocycles. The van der Waals surface area contributed by atoms with Gasteiger partial charge >= 0.3 is 0 Å². The molecule has 3 aliphatic rings. The van der Waals surface area contributed by atoms with Crippen molar-refractivity contribution in [3.8, 4) is 0 Å². The summed E-state index contributed by atoms with van der Waals surface area (Å²) >= 11 is 2.60. The van der Waals surface area contributed by atoms with Crippen LogP contribution in [0.15, 0.2) is 0 Å². The lowest BCUT2D eigenvalue weighted by atomic mass is 9.63. The van der Waals surface area contributed by atoms with Gasteiger partial charge in [-0.25, -0.2) is 0 Å². The largest absolute Gasteiger partial charge is 0.396 e. The van der Waals surface area contributed by atoms with Crippen LogP contribution in [0.3, 0.4) is 0 Å². The molecule has 1 N–H and O–H groups in total. The fourth-order valence-corrected chi connectivity index (χ4v) is 5.36. The third kappa shape index (κ3) is 2.15. The minimum Gasteiger partial charge on any atom is -0.396 e. The maximum absolute atomic E-state index is 9.35. The smallest absolute Gasteiger partial charge is 0.0499 e. The molecule has 1 saturated heterocycles. The van der Waals surface area contributed by atoms with Crippen LogP contribution in [0.4, 0.5) is 0 Å². The second-order valence-electron chi connectivity index (χ2n) is 6.44. The molecule has 3 heteroatoms. The lowest BCUT2D eigenvalue weighted by Gasteiger charge is -2.51. The van der Waals surface area contributed by atoms with Crippen LogP contribution in [-0.2, 0) is 0 Å². The molecular weight excluding hydrogens is 313 g/mol. The van der Waals surface area contributed by atoms with E-state index in [0.717, 1.165) is 15.9 Å². The number of aliphatic hydroxyl groups excluding tert-OH is 1. The molecule has 3 rings (SSSR count). The van der Waals surface area contributed by atoms with Gasteiger partial charge < -0.3 is 10.0 Å². The molecule has 0 atom stereocenters. The molecule has 0 aromatic rings. The third-order valence-corrected chi connectivity index (χ3v) is 5.96. The number of nitrogens with zero attached hydrogens (tertiary/aromatic N) is 1. The van der Waals surface area contributed by atoms with E-state index in [9.17, 15) is 5.11 Å². The molecule has 92 valence electrons. The highest BCUT2D eigenvalue weighted by Gasteiger charge is 2.47. The van der Waals surface area contributed by atoms with Gasteiger partial charge in [0.15, 0.2) is 0 Å². The van der Waals surface area contributed by atoms with Gasteiger partial charge in [0.2, 0.25) is 0 Å². The predicted octanol–water partition coefficient (Wildman–Crippen LogP) is 2.44. The van der Waals surface area contributed by atoms with Crippen molar-refractivity contribution < 1.29 is 5.11 Å². The molecule has 1 spiro atoms. The summed E-state index contributed by atoms with van der Waals surface area (Å²) < 4.78 is 0.955. The average molecular weight is 335 g/mol. The number of hydrogen-bond acceptors (Lipinski definition) is 2. The second kappa shape index (κ2) is 4.09. The van der Waals surface area contributed by atoms with Crippen molar-refractivity contribution >= 4 is 22.6 Å². The maximum Gasteiger partial charge on any atom is 0.0499 e. The van der Waals surface area contributed by atoms with Crippen molar-refractivity contribution in [1.82, 2.24) is 4.90 Å². The van der Waals surface area contributed by atoms with Gasteiger partial charge in [-0.1, -0.05) is 22.6 Å². The summed E-state index contributed by atoms with van der Waals surface area (Å²) in [5.41, 5.74) is 1.05. The molecule has 0 bridgehead atoms. The molecule has 3 fully saturated rings. The molecule has 0 aromatic heterocycles. The first-order valence-electron chi connectivity index (χ1n) is 6.63. The summed E-state index contributed by atoms with van der Waals surface area (Å²) in [5.74, 6) is 0. The van der Waals surface area contributed by atoms with Crippen LogP contribution in [0.1, 0.15) is 38.5 Å². The van der Waals surface area contributed by atoms with Crippen molar-refractivity contribution in [2.45, 2.75) is 42.4 Å². The first-order chi connectivity index (χ1) is 7.65. The van der Waals surface area contributed by atoms with Crippen molar-refractivity contribution in [3.63, 3.8) is 0 Å². The van der Waals surface area contributed by atoms with Crippen LogP contribution in [0.5, 0.6) is 0 Å². The molecule has 0 amide bonds. The minimum absolute atomic E-state index is 0.315. The van der Waals surface area contributed by atoms with E-state index in [1.807, 2.05) is 0 Å².